The first-order valence-electron chi connectivity index (χ1n) is 3.95. The molecule has 2 aromatic rings. The molecule has 0 aliphatic rings. The van der Waals surface area contributed by atoms with Gasteiger partial charge in [0.05, 0.1) is 27.9 Å². The fourth-order valence-corrected chi connectivity index (χ4v) is 2.01. The Kier molecular flexibility index (Phi) is 3.02. The molecule has 2 heterocycles. The van der Waals surface area contributed by atoms with Crippen molar-refractivity contribution in [2.75, 3.05) is 5.32 Å². The summed E-state index contributed by atoms with van der Waals surface area (Å²) in [5.74, 6) is -0.244. The number of carbonyl (C=O) groups is 1. The molecule has 76 valence electrons. The van der Waals surface area contributed by atoms with Crippen LogP contribution in [0.2, 0.25) is 0 Å². The molecule has 1 amide bonds. The van der Waals surface area contributed by atoms with Crippen molar-refractivity contribution in [1.29, 1.82) is 0 Å². The molecular formula is C8H5BrN4OS. The lowest BCUT2D eigenvalue weighted by Crippen LogP contribution is -2.11. The van der Waals surface area contributed by atoms with Crippen molar-refractivity contribution in [1.82, 2.24) is 15.2 Å². The highest BCUT2D eigenvalue weighted by Crippen LogP contribution is 2.23. The Bertz CT molecular complexity index is 473. The van der Waals surface area contributed by atoms with E-state index in [9.17, 15) is 4.79 Å². The van der Waals surface area contributed by atoms with Crippen LogP contribution in [0.5, 0.6) is 0 Å². The first kappa shape index (κ1) is 10.2. The minimum Gasteiger partial charge on any atom is -0.298 e. The third-order valence-corrected chi connectivity index (χ3v) is 2.94. The zero-order valence-electron chi connectivity index (χ0n) is 7.35. The third-order valence-electron chi connectivity index (χ3n) is 1.54. The van der Waals surface area contributed by atoms with Crippen molar-refractivity contribution in [3.8, 4) is 0 Å². The maximum atomic E-state index is 11.6. The predicted molar refractivity (Wildman–Crippen MR) is 59.8 cm³/mol. The first-order chi connectivity index (χ1) is 7.25. The number of rotatable bonds is 2. The molecule has 0 radical (unpaired) electrons. The number of hydrogen-bond acceptors (Lipinski definition) is 5. The fraction of sp³-hybridized carbons (Fsp3) is 0. The van der Waals surface area contributed by atoms with Crippen LogP contribution in [0.4, 0.5) is 5.13 Å². The standard InChI is InChI=1S/C8H5BrN4OS/c9-6-4-10-8(15-6)13-7(14)5-1-2-11-12-3-5/h1-4H,(H,10,13,14). The molecule has 0 aliphatic carbocycles. The van der Waals surface area contributed by atoms with Gasteiger partial charge in [0.25, 0.3) is 5.91 Å². The molecule has 0 spiro atoms. The van der Waals surface area contributed by atoms with Crippen LogP contribution in [0.15, 0.2) is 28.4 Å². The van der Waals surface area contributed by atoms with Crippen LogP contribution >= 0.6 is 27.3 Å². The van der Waals surface area contributed by atoms with Gasteiger partial charge in [0.15, 0.2) is 5.13 Å². The van der Waals surface area contributed by atoms with Gasteiger partial charge in [-0.05, 0) is 22.0 Å². The van der Waals surface area contributed by atoms with Crippen molar-refractivity contribution in [3.05, 3.63) is 34.0 Å². The smallest absolute Gasteiger partial charge is 0.259 e. The normalized spacial score (nSPS) is 9.93. The van der Waals surface area contributed by atoms with Gasteiger partial charge in [0, 0.05) is 0 Å². The first-order valence-corrected chi connectivity index (χ1v) is 5.56. The number of aromatic nitrogens is 3. The van der Waals surface area contributed by atoms with Gasteiger partial charge in [-0.3, -0.25) is 10.1 Å². The van der Waals surface area contributed by atoms with Gasteiger partial charge in [-0.15, -0.1) is 0 Å². The number of amides is 1. The zero-order chi connectivity index (χ0) is 10.7. The fourth-order valence-electron chi connectivity index (χ4n) is 0.907. The summed E-state index contributed by atoms with van der Waals surface area (Å²) in [5.41, 5.74) is 0.455. The Morgan fingerprint density at radius 1 is 1.40 bits per heavy atom. The largest absolute Gasteiger partial charge is 0.298 e. The highest BCUT2D eigenvalue weighted by molar-refractivity contribution is 9.11. The van der Waals surface area contributed by atoms with Crippen LogP contribution in [-0.4, -0.2) is 21.1 Å². The van der Waals surface area contributed by atoms with Gasteiger partial charge in [-0.25, -0.2) is 4.98 Å². The highest BCUT2D eigenvalue weighted by Gasteiger charge is 2.08. The van der Waals surface area contributed by atoms with Crippen LogP contribution in [0.3, 0.4) is 0 Å². The van der Waals surface area contributed by atoms with E-state index in [2.05, 4.69) is 36.4 Å². The van der Waals surface area contributed by atoms with Gasteiger partial charge < -0.3 is 0 Å². The minimum atomic E-state index is -0.244. The molecule has 0 unspecified atom stereocenters. The van der Waals surface area contributed by atoms with Gasteiger partial charge in [-0.1, -0.05) is 11.3 Å². The minimum absolute atomic E-state index is 0.244. The van der Waals surface area contributed by atoms with Crippen molar-refractivity contribution < 1.29 is 4.79 Å². The summed E-state index contributed by atoms with van der Waals surface area (Å²) in [6, 6.07) is 1.59. The molecule has 1 N–H and O–H groups in total. The summed E-state index contributed by atoms with van der Waals surface area (Å²) >= 11 is 4.61. The van der Waals surface area contributed by atoms with Crippen molar-refractivity contribution >= 4 is 38.3 Å². The molecule has 7 heteroatoms. The number of hydrogen-bond donors (Lipinski definition) is 1. The van der Waals surface area contributed by atoms with E-state index in [1.807, 2.05) is 0 Å². The molecule has 0 bridgehead atoms. The molecule has 2 aromatic heterocycles. The van der Waals surface area contributed by atoms with E-state index in [0.29, 0.717) is 10.7 Å². The summed E-state index contributed by atoms with van der Waals surface area (Å²) in [4.78, 5) is 15.6. The summed E-state index contributed by atoms with van der Waals surface area (Å²) in [6.07, 6.45) is 4.50. The number of nitrogens with zero attached hydrogens (tertiary/aromatic N) is 3. The van der Waals surface area contributed by atoms with Gasteiger partial charge >= 0.3 is 0 Å². The highest BCUT2D eigenvalue weighted by atomic mass is 79.9. The van der Waals surface area contributed by atoms with E-state index in [1.165, 1.54) is 23.7 Å². The molecule has 5 nitrogen and oxygen atoms in total. The number of carbonyl (C=O) groups excluding carboxylic acids is 1. The summed E-state index contributed by atoms with van der Waals surface area (Å²) in [7, 11) is 0. The van der Waals surface area contributed by atoms with Gasteiger partial charge in [-0.2, -0.15) is 10.2 Å². The van der Waals surface area contributed by atoms with Crippen molar-refractivity contribution in [2.45, 2.75) is 0 Å². The van der Waals surface area contributed by atoms with E-state index in [-0.39, 0.29) is 5.91 Å². The summed E-state index contributed by atoms with van der Waals surface area (Å²) in [6.45, 7) is 0. The maximum absolute atomic E-state index is 11.6. The van der Waals surface area contributed by atoms with E-state index < -0.39 is 0 Å². The van der Waals surface area contributed by atoms with E-state index >= 15 is 0 Å². The summed E-state index contributed by atoms with van der Waals surface area (Å²) < 4.78 is 0.866. The zero-order valence-corrected chi connectivity index (χ0v) is 9.75. The van der Waals surface area contributed by atoms with E-state index in [0.717, 1.165) is 3.79 Å². The molecule has 0 atom stereocenters. The summed E-state index contributed by atoms with van der Waals surface area (Å²) in [5, 5.41) is 10.4. The molecule has 0 aromatic carbocycles. The Morgan fingerprint density at radius 3 is 2.87 bits per heavy atom. The topological polar surface area (TPSA) is 67.8 Å². The van der Waals surface area contributed by atoms with Crippen molar-refractivity contribution in [2.24, 2.45) is 0 Å². The van der Waals surface area contributed by atoms with Crippen LogP contribution < -0.4 is 5.32 Å². The molecule has 0 aliphatic heterocycles. The van der Waals surface area contributed by atoms with Crippen LogP contribution in [0, 0.1) is 0 Å². The molecular weight excluding hydrogens is 280 g/mol. The lowest BCUT2D eigenvalue weighted by atomic mass is 10.3. The number of anilines is 1. The van der Waals surface area contributed by atoms with E-state index in [4.69, 9.17) is 0 Å². The molecule has 2 rings (SSSR count). The Balaban J connectivity index is 2.11. The van der Waals surface area contributed by atoms with Crippen LogP contribution in [0.1, 0.15) is 10.4 Å². The predicted octanol–water partition coefficient (Wildman–Crippen LogP) is 1.95. The van der Waals surface area contributed by atoms with E-state index in [1.54, 1.807) is 12.3 Å². The molecule has 0 saturated carbocycles. The Labute approximate surface area is 97.7 Å². The molecule has 0 saturated heterocycles. The SMILES string of the molecule is O=C(Nc1ncc(Br)s1)c1ccnnc1. The Morgan fingerprint density at radius 2 is 2.27 bits per heavy atom. The van der Waals surface area contributed by atoms with Crippen molar-refractivity contribution in [3.63, 3.8) is 0 Å². The molecule has 15 heavy (non-hydrogen) atoms. The van der Waals surface area contributed by atoms with Crippen LogP contribution in [-0.2, 0) is 0 Å². The maximum Gasteiger partial charge on any atom is 0.259 e. The number of nitrogens with one attached hydrogen (secondary N) is 1. The Hall–Kier alpha value is -1.34. The average molecular weight is 285 g/mol. The quantitative estimate of drug-likeness (QED) is 0.915. The second-order valence-corrected chi connectivity index (χ2v) is 4.96. The third kappa shape index (κ3) is 2.57. The second kappa shape index (κ2) is 4.45. The lowest BCUT2D eigenvalue weighted by Gasteiger charge is -1.99. The number of thiazole rings is 1. The van der Waals surface area contributed by atoms with Crippen LogP contribution in [0.25, 0.3) is 0 Å². The number of halogens is 1. The monoisotopic (exact) mass is 284 g/mol. The molecule has 0 fully saturated rings. The average Bonchev–Trinajstić information content (AvgIpc) is 2.65. The lowest BCUT2D eigenvalue weighted by molar-refractivity contribution is 0.102. The van der Waals surface area contributed by atoms with Gasteiger partial charge in [0.1, 0.15) is 0 Å². The van der Waals surface area contributed by atoms with Gasteiger partial charge in [0.2, 0.25) is 0 Å². The second-order valence-electron chi connectivity index (χ2n) is 2.55.